The number of primary amides is 1. The molecular formula is C13H8ClF2NO. The highest BCUT2D eigenvalue weighted by atomic mass is 35.5. The molecule has 18 heavy (non-hydrogen) atoms. The zero-order valence-electron chi connectivity index (χ0n) is 9.08. The number of hydrogen-bond acceptors (Lipinski definition) is 1. The van der Waals surface area contributed by atoms with Crippen LogP contribution in [0.15, 0.2) is 36.4 Å². The van der Waals surface area contributed by atoms with Crippen molar-refractivity contribution in [3.63, 3.8) is 0 Å². The van der Waals surface area contributed by atoms with Gasteiger partial charge in [-0.05, 0) is 29.8 Å². The molecular weight excluding hydrogens is 260 g/mol. The third kappa shape index (κ3) is 2.33. The highest BCUT2D eigenvalue weighted by Gasteiger charge is 2.14. The maximum atomic E-state index is 13.7. The lowest BCUT2D eigenvalue weighted by molar-refractivity contribution is 0.1000. The molecule has 0 saturated heterocycles. The van der Waals surface area contributed by atoms with Crippen LogP contribution >= 0.6 is 11.6 Å². The molecule has 2 rings (SSSR count). The third-order valence-electron chi connectivity index (χ3n) is 2.45. The van der Waals surface area contributed by atoms with Crippen LogP contribution < -0.4 is 5.73 Å². The Balaban J connectivity index is 2.66. The Morgan fingerprint density at radius 1 is 1.17 bits per heavy atom. The maximum Gasteiger partial charge on any atom is 0.248 e. The number of nitrogens with two attached hydrogens (primary N) is 1. The van der Waals surface area contributed by atoms with Crippen molar-refractivity contribution in [3.05, 3.63) is 58.6 Å². The SMILES string of the molecule is NC(=O)c1cc(F)c(F)c(-c2cccc(Cl)c2)c1. The summed E-state index contributed by atoms with van der Waals surface area (Å²) in [6, 6.07) is 8.22. The van der Waals surface area contributed by atoms with Gasteiger partial charge >= 0.3 is 0 Å². The minimum absolute atomic E-state index is 0.0497. The van der Waals surface area contributed by atoms with Gasteiger partial charge in [-0.2, -0.15) is 0 Å². The Morgan fingerprint density at radius 3 is 2.50 bits per heavy atom. The van der Waals surface area contributed by atoms with E-state index in [1.54, 1.807) is 18.2 Å². The van der Waals surface area contributed by atoms with Gasteiger partial charge in [0.1, 0.15) is 0 Å². The molecule has 2 aromatic carbocycles. The van der Waals surface area contributed by atoms with Crippen molar-refractivity contribution in [2.24, 2.45) is 5.73 Å². The van der Waals surface area contributed by atoms with Crippen molar-refractivity contribution in [1.29, 1.82) is 0 Å². The Labute approximate surface area is 107 Å². The van der Waals surface area contributed by atoms with Gasteiger partial charge in [0.25, 0.3) is 0 Å². The van der Waals surface area contributed by atoms with Gasteiger partial charge in [0.15, 0.2) is 11.6 Å². The number of hydrogen-bond donors (Lipinski definition) is 1. The van der Waals surface area contributed by atoms with Gasteiger partial charge in [0, 0.05) is 16.1 Å². The normalized spacial score (nSPS) is 10.4. The fourth-order valence-electron chi connectivity index (χ4n) is 1.60. The largest absolute Gasteiger partial charge is 0.366 e. The summed E-state index contributed by atoms with van der Waals surface area (Å²) in [6.07, 6.45) is 0. The fourth-order valence-corrected chi connectivity index (χ4v) is 1.79. The number of carbonyl (C=O) groups is 1. The smallest absolute Gasteiger partial charge is 0.248 e. The summed E-state index contributed by atoms with van der Waals surface area (Å²) < 4.78 is 27.1. The zero-order chi connectivity index (χ0) is 13.3. The van der Waals surface area contributed by atoms with Crippen molar-refractivity contribution in [1.82, 2.24) is 0 Å². The van der Waals surface area contributed by atoms with E-state index in [9.17, 15) is 13.6 Å². The quantitative estimate of drug-likeness (QED) is 0.890. The predicted molar refractivity (Wildman–Crippen MR) is 65.3 cm³/mol. The van der Waals surface area contributed by atoms with Crippen LogP contribution in [-0.2, 0) is 0 Å². The number of halogens is 3. The van der Waals surface area contributed by atoms with E-state index in [2.05, 4.69) is 0 Å². The van der Waals surface area contributed by atoms with Crippen molar-refractivity contribution >= 4 is 17.5 Å². The first-order valence-corrected chi connectivity index (χ1v) is 5.41. The molecule has 0 radical (unpaired) electrons. The molecule has 0 bridgehead atoms. The molecule has 0 aliphatic carbocycles. The molecule has 0 fully saturated rings. The first-order valence-electron chi connectivity index (χ1n) is 5.04. The minimum Gasteiger partial charge on any atom is -0.366 e. The Bertz CT molecular complexity index is 628. The molecule has 0 saturated carbocycles. The molecule has 0 unspecified atom stereocenters. The van der Waals surface area contributed by atoms with Crippen LogP contribution in [0.2, 0.25) is 5.02 Å². The summed E-state index contributed by atoms with van der Waals surface area (Å²) in [5, 5.41) is 0.386. The van der Waals surface area contributed by atoms with E-state index in [1.165, 1.54) is 12.1 Å². The van der Waals surface area contributed by atoms with E-state index >= 15 is 0 Å². The highest BCUT2D eigenvalue weighted by Crippen LogP contribution is 2.28. The summed E-state index contributed by atoms with van der Waals surface area (Å²) >= 11 is 5.78. The number of amides is 1. The number of benzene rings is 2. The standard InChI is InChI=1S/C13H8ClF2NO/c14-9-3-1-2-7(4-9)10-5-8(13(17)18)6-11(15)12(10)16/h1-6H,(H2,17,18). The second-order valence-corrected chi connectivity index (χ2v) is 4.13. The minimum atomic E-state index is -1.12. The molecule has 1 amide bonds. The second-order valence-electron chi connectivity index (χ2n) is 3.69. The van der Waals surface area contributed by atoms with Gasteiger partial charge in [0.05, 0.1) is 0 Å². The van der Waals surface area contributed by atoms with Gasteiger partial charge in [-0.15, -0.1) is 0 Å². The Kier molecular flexibility index (Phi) is 3.30. The number of rotatable bonds is 2. The third-order valence-corrected chi connectivity index (χ3v) is 2.68. The van der Waals surface area contributed by atoms with Crippen molar-refractivity contribution < 1.29 is 13.6 Å². The van der Waals surface area contributed by atoms with Crippen LogP contribution in [0.3, 0.4) is 0 Å². The average molecular weight is 268 g/mol. The lowest BCUT2D eigenvalue weighted by atomic mass is 10.0. The molecule has 2 nitrogen and oxygen atoms in total. The highest BCUT2D eigenvalue weighted by molar-refractivity contribution is 6.30. The second kappa shape index (κ2) is 4.74. The summed E-state index contributed by atoms with van der Waals surface area (Å²) in [5.41, 5.74) is 5.29. The van der Waals surface area contributed by atoms with E-state index in [0.717, 1.165) is 6.07 Å². The lowest BCUT2D eigenvalue weighted by Gasteiger charge is -2.07. The van der Waals surface area contributed by atoms with Gasteiger partial charge in [-0.3, -0.25) is 4.79 Å². The maximum absolute atomic E-state index is 13.7. The molecule has 2 N–H and O–H groups in total. The summed E-state index contributed by atoms with van der Waals surface area (Å²) in [5.74, 6) is -2.99. The van der Waals surface area contributed by atoms with E-state index in [0.29, 0.717) is 10.6 Å². The zero-order valence-corrected chi connectivity index (χ0v) is 9.84. The molecule has 0 aliphatic rings. The van der Waals surface area contributed by atoms with Crippen LogP contribution in [0.25, 0.3) is 11.1 Å². The molecule has 2 aromatic rings. The van der Waals surface area contributed by atoms with Crippen molar-refractivity contribution in [2.75, 3.05) is 0 Å². The average Bonchev–Trinajstić information content (AvgIpc) is 2.32. The lowest BCUT2D eigenvalue weighted by Crippen LogP contribution is -2.12. The van der Waals surface area contributed by atoms with Crippen LogP contribution in [0, 0.1) is 11.6 Å². The Hall–Kier alpha value is -1.94. The van der Waals surface area contributed by atoms with Gasteiger partial charge in [0.2, 0.25) is 5.91 Å². The molecule has 0 aromatic heterocycles. The van der Waals surface area contributed by atoms with Gasteiger partial charge in [-0.25, -0.2) is 8.78 Å². The van der Waals surface area contributed by atoms with E-state index in [4.69, 9.17) is 17.3 Å². The summed E-state index contributed by atoms with van der Waals surface area (Å²) in [7, 11) is 0. The molecule has 0 heterocycles. The van der Waals surface area contributed by atoms with Crippen LogP contribution in [0.1, 0.15) is 10.4 Å². The predicted octanol–water partition coefficient (Wildman–Crippen LogP) is 3.38. The van der Waals surface area contributed by atoms with Crippen LogP contribution in [-0.4, -0.2) is 5.91 Å². The van der Waals surface area contributed by atoms with Crippen molar-refractivity contribution in [2.45, 2.75) is 0 Å². The molecule has 0 aliphatic heterocycles. The van der Waals surface area contributed by atoms with Crippen LogP contribution in [0.5, 0.6) is 0 Å². The molecule has 0 spiro atoms. The fraction of sp³-hybridized carbons (Fsp3) is 0. The Morgan fingerprint density at radius 2 is 1.89 bits per heavy atom. The van der Waals surface area contributed by atoms with Gasteiger partial charge < -0.3 is 5.73 Å². The van der Waals surface area contributed by atoms with E-state index < -0.39 is 17.5 Å². The molecule has 0 atom stereocenters. The monoisotopic (exact) mass is 267 g/mol. The topological polar surface area (TPSA) is 43.1 Å². The van der Waals surface area contributed by atoms with Gasteiger partial charge in [-0.1, -0.05) is 23.7 Å². The van der Waals surface area contributed by atoms with E-state index in [1.807, 2.05) is 0 Å². The molecule has 5 heteroatoms. The molecule has 92 valence electrons. The first-order chi connectivity index (χ1) is 8.49. The van der Waals surface area contributed by atoms with Crippen molar-refractivity contribution in [3.8, 4) is 11.1 Å². The summed E-state index contributed by atoms with van der Waals surface area (Å²) in [4.78, 5) is 11.0. The number of carbonyl (C=O) groups excluding carboxylic acids is 1. The first kappa shape index (κ1) is 12.5. The van der Waals surface area contributed by atoms with E-state index in [-0.39, 0.29) is 11.1 Å². The van der Waals surface area contributed by atoms with Crippen LogP contribution in [0.4, 0.5) is 8.78 Å². The summed E-state index contributed by atoms with van der Waals surface area (Å²) in [6.45, 7) is 0.